The van der Waals surface area contributed by atoms with Gasteiger partial charge in [0.25, 0.3) is 5.91 Å². The van der Waals surface area contributed by atoms with Crippen LogP contribution in [0.1, 0.15) is 15.9 Å². The maximum atomic E-state index is 12.6. The van der Waals surface area contributed by atoms with Crippen molar-refractivity contribution in [3.8, 4) is 0 Å². The zero-order valence-corrected chi connectivity index (χ0v) is 14.9. The maximum absolute atomic E-state index is 12.6. The summed E-state index contributed by atoms with van der Waals surface area (Å²) in [4.78, 5) is 12.5. The Hall–Kier alpha value is -2.26. The number of aliphatic hydroxyl groups is 1. The molecule has 2 aromatic carbocycles. The molecule has 1 saturated heterocycles. The fourth-order valence-electron chi connectivity index (χ4n) is 2.67. The Morgan fingerprint density at radius 3 is 2.46 bits per heavy atom. The Kier molecular flexibility index (Phi) is 5.67. The molecule has 1 heterocycles. The number of morpholine rings is 1. The number of benzene rings is 2. The second-order valence-corrected chi connectivity index (χ2v) is 7.79. The van der Waals surface area contributed by atoms with Crippen LogP contribution in [0.4, 0.5) is 5.69 Å². The van der Waals surface area contributed by atoms with Crippen molar-refractivity contribution < 1.29 is 23.1 Å². The van der Waals surface area contributed by atoms with Gasteiger partial charge in [-0.05, 0) is 42.0 Å². The molecule has 1 aliphatic heterocycles. The van der Waals surface area contributed by atoms with Crippen LogP contribution >= 0.6 is 0 Å². The molecule has 0 aromatic heterocycles. The maximum Gasteiger partial charge on any atom is 0.255 e. The van der Waals surface area contributed by atoms with Crippen LogP contribution in [0.5, 0.6) is 0 Å². The number of aliphatic hydroxyl groups excluding tert-OH is 1. The lowest BCUT2D eigenvalue weighted by atomic mass is 10.2. The number of sulfonamides is 1. The van der Waals surface area contributed by atoms with E-state index in [0.29, 0.717) is 43.1 Å². The van der Waals surface area contributed by atoms with E-state index in [1.807, 2.05) is 0 Å². The van der Waals surface area contributed by atoms with Crippen LogP contribution in [-0.4, -0.2) is 50.0 Å². The molecule has 0 saturated carbocycles. The van der Waals surface area contributed by atoms with Gasteiger partial charge in [-0.25, -0.2) is 8.42 Å². The van der Waals surface area contributed by atoms with Crippen molar-refractivity contribution in [2.45, 2.75) is 11.5 Å². The van der Waals surface area contributed by atoms with E-state index < -0.39 is 10.0 Å². The standard InChI is InChI=1S/C18H20N2O5S/c21-13-14-2-1-3-16(12-14)19-18(22)15-4-6-17(7-5-15)26(23,24)20-8-10-25-11-9-20/h1-7,12,21H,8-11,13H2,(H,19,22). The molecule has 3 rings (SSSR count). The highest BCUT2D eigenvalue weighted by Gasteiger charge is 2.26. The quantitative estimate of drug-likeness (QED) is 0.823. The van der Waals surface area contributed by atoms with E-state index in [-0.39, 0.29) is 17.4 Å². The van der Waals surface area contributed by atoms with Crippen LogP contribution in [0.15, 0.2) is 53.4 Å². The average molecular weight is 376 g/mol. The normalized spacial score (nSPS) is 15.6. The molecule has 0 atom stereocenters. The number of ether oxygens (including phenoxy) is 1. The van der Waals surface area contributed by atoms with Crippen LogP contribution in [-0.2, 0) is 21.4 Å². The number of amides is 1. The van der Waals surface area contributed by atoms with Gasteiger partial charge in [0.05, 0.1) is 24.7 Å². The molecular weight excluding hydrogens is 356 g/mol. The SMILES string of the molecule is O=C(Nc1cccc(CO)c1)c1ccc(S(=O)(=O)N2CCOCC2)cc1. The largest absolute Gasteiger partial charge is 0.392 e. The first-order chi connectivity index (χ1) is 12.5. The first kappa shape index (κ1) is 18.5. The van der Waals surface area contributed by atoms with E-state index >= 15 is 0 Å². The monoisotopic (exact) mass is 376 g/mol. The first-order valence-electron chi connectivity index (χ1n) is 8.20. The summed E-state index contributed by atoms with van der Waals surface area (Å²) in [6, 6.07) is 12.7. The first-order valence-corrected chi connectivity index (χ1v) is 9.64. The van der Waals surface area contributed by atoms with Gasteiger partial charge in [0.1, 0.15) is 0 Å². The molecular formula is C18H20N2O5S. The van der Waals surface area contributed by atoms with Crippen molar-refractivity contribution in [1.29, 1.82) is 0 Å². The molecule has 0 bridgehead atoms. The molecule has 2 N–H and O–H groups in total. The molecule has 0 radical (unpaired) electrons. The molecule has 0 aliphatic carbocycles. The number of carbonyl (C=O) groups excluding carboxylic acids is 1. The summed E-state index contributed by atoms with van der Waals surface area (Å²) < 4.78 is 31.7. The Morgan fingerprint density at radius 2 is 1.81 bits per heavy atom. The van der Waals surface area contributed by atoms with Gasteiger partial charge >= 0.3 is 0 Å². The van der Waals surface area contributed by atoms with E-state index in [2.05, 4.69) is 5.32 Å². The minimum absolute atomic E-state index is 0.113. The van der Waals surface area contributed by atoms with Crippen LogP contribution in [0.25, 0.3) is 0 Å². The van der Waals surface area contributed by atoms with E-state index in [0.717, 1.165) is 0 Å². The second-order valence-electron chi connectivity index (χ2n) is 5.85. The van der Waals surface area contributed by atoms with Crippen molar-refractivity contribution >= 4 is 21.6 Å². The van der Waals surface area contributed by atoms with Crippen molar-refractivity contribution in [1.82, 2.24) is 4.31 Å². The molecule has 1 aliphatic rings. The lowest BCUT2D eigenvalue weighted by Gasteiger charge is -2.26. The minimum Gasteiger partial charge on any atom is -0.392 e. The van der Waals surface area contributed by atoms with Gasteiger partial charge in [0, 0.05) is 24.3 Å². The number of nitrogens with one attached hydrogen (secondary N) is 1. The van der Waals surface area contributed by atoms with Gasteiger partial charge < -0.3 is 15.2 Å². The summed E-state index contributed by atoms with van der Waals surface area (Å²) in [7, 11) is -3.58. The number of carbonyl (C=O) groups is 1. The Bertz CT molecular complexity index is 875. The zero-order valence-electron chi connectivity index (χ0n) is 14.1. The van der Waals surface area contributed by atoms with Crippen molar-refractivity contribution in [2.75, 3.05) is 31.6 Å². The molecule has 2 aromatic rings. The highest BCUT2D eigenvalue weighted by atomic mass is 32.2. The summed E-state index contributed by atoms with van der Waals surface area (Å²) >= 11 is 0. The van der Waals surface area contributed by atoms with E-state index in [1.54, 1.807) is 24.3 Å². The van der Waals surface area contributed by atoms with Crippen LogP contribution in [0.3, 0.4) is 0 Å². The summed E-state index contributed by atoms with van der Waals surface area (Å²) in [5.41, 5.74) is 1.60. The summed E-state index contributed by atoms with van der Waals surface area (Å²) in [5.74, 6) is -0.351. The smallest absolute Gasteiger partial charge is 0.255 e. The van der Waals surface area contributed by atoms with Gasteiger partial charge in [0.15, 0.2) is 0 Å². The third-order valence-electron chi connectivity index (χ3n) is 4.09. The topological polar surface area (TPSA) is 95.9 Å². The number of nitrogens with zero attached hydrogens (tertiary/aromatic N) is 1. The van der Waals surface area contributed by atoms with Gasteiger partial charge in [-0.2, -0.15) is 4.31 Å². The predicted molar refractivity (Wildman–Crippen MR) is 96.3 cm³/mol. The lowest BCUT2D eigenvalue weighted by molar-refractivity contribution is 0.0730. The number of rotatable bonds is 5. The van der Waals surface area contributed by atoms with Gasteiger partial charge in [-0.15, -0.1) is 0 Å². The van der Waals surface area contributed by atoms with Crippen LogP contribution < -0.4 is 5.32 Å². The molecule has 1 amide bonds. The highest BCUT2D eigenvalue weighted by molar-refractivity contribution is 7.89. The van der Waals surface area contributed by atoms with Crippen molar-refractivity contribution in [2.24, 2.45) is 0 Å². The molecule has 0 spiro atoms. The molecule has 0 unspecified atom stereocenters. The minimum atomic E-state index is -3.58. The molecule has 138 valence electrons. The third kappa shape index (κ3) is 4.10. The van der Waals surface area contributed by atoms with E-state index in [9.17, 15) is 13.2 Å². The third-order valence-corrected chi connectivity index (χ3v) is 6.00. The average Bonchev–Trinajstić information content (AvgIpc) is 2.69. The lowest BCUT2D eigenvalue weighted by Crippen LogP contribution is -2.40. The molecule has 8 heteroatoms. The van der Waals surface area contributed by atoms with E-state index in [4.69, 9.17) is 9.84 Å². The second kappa shape index (κ2) is 7.96. The Labute approximate surface area is 152 Å². The fraction of sp³-hybridized carbons (Fsp3) is 0.278. The molecule has 7 nitrogen and oxygen atoms in total. The van der Waals surface area contributed by atoms with E-state index in [1.165, 1.54) is 28.6 Å². The summed E-state index contributed by atoms with van der Waals surface area (Å²) in [6.45, 7) is 1.30. The molecule has 26 heavy (non-hydrogen) atoms. The Morgan fingerprint density at radius 1 is 1.12 bits per heavy atom. The predicted octanol–water partition coefficient (Wildman–Crippen LogP) is 1.45. The zero-order chi connectivity index (χ0) is 18.6. The number of hydrogen-bond donors (Lipinski definition) is 2. The van der Waals surface area contributed by atoms with Gasteiger partial charge in [0.2, 0.25) is 10.0 Å². The van der Waals surface area contributed by atoms with Crippen LogP contribution in [0.2, 0.25) is 0 Å². The van der Waals surface area contributed by atoms with Crippen LogP contribution in [0, 0.1) is 0 Å². The summed E-state index contributed by atoms with van der Waals surface area (Å²) in [5, 5.41) is 11.9. The highest BCUT2D eigenvalue weighted by Crippen LogP contribution is 2.18. The van der Waals surface area contributed by atoms with Crippen molar-refractivity contribution in [3.05, 3.63) is 59.7 Å². The number of anilines is 1. The Balaban J connectivity index is 1.73. The number of hydrogen-bond acceptors (Lipinski definition) is 5. The van der Waals surface area contributed by atoms with Crippen molar-refractivity contribution in [3.63, 3.8) is 0 Å². The summed E-state index contributed by atoms with van der Waals surface area (Å²) in [6.07, 6.45) is 0. The fourth-order valence-corrected chi connectivity index (χ4v) is 4.07. The molecule has 1 fully saturated rings. The van der Waals surface area contributed by atoms with Gasteiger partial charge in [-0.1, -0.05) is 12.1 Å². The van der Waals surface area contributed by atoms with Gasteiger partial charge in [-0.3, -0.25) is 4.79 Å².